The highest BCUT2D eigenvalue weighted by molar-refractivity contribution is 7.91. The zero-order chi connectivity index (χ0) is 15.7. The molecule has 0 aromatic carbocycles. The minimum Gasteiger partial charge on any atom is -0.352 e. The van der Waals surface area contributed by atoms with Crippen LogP contribution in [0.4, 0.5) is 0 Å². The number of piperidine rings is 1. The molecular weight excluding hydrogens is 304 g/mol. The zero-order valence-electron chi connectivity index (χ0n) is 12.8. The lowest BCUT2D eigenvalue weighted by Gasteiger charge is -2.36. The van der Waals surface area contributed by atoms with Crippen LogP contribution < -0.4 is 5.32 Å². The van der Waals surface area contributed by atoms with Crippen molar-refractivity contribution < 1.29 is 18.0 Å². The van der Waals surface area contributed by atoms with Gasteiger partial charge >= 0.3 is 0 Å². The fourth-order valence-electron chi connectivity index (χ4n) is 3.36. The number of sulfone groups is 1. The Hall–Kier alpha value is -1.11. The lowest BCUT2D eigenvalue weighted by Crippen LogP contribution is -2.54. The van der Waals surface area contributed by atoms with E-state index in [2.05, 4.69) is 5.32 Å². The molecule has 2 saturated heterocycles. The Balaban J connectivity index is 1.58. The number of rotatable bonds is 3. The van der Waals surface area contributed by atoms with E-state index in [0.717, 1.165) is 32.1 Å². The number of nitrogens with one attached hydrogen (secondary N) is 1. The largest absolute Gasteiger partial charge is 0.352 e. The van der Waals surface area contributed by atoms with Crippen molar-refractivity contribution in [3.05, 3.63) is 0 Å². The Kier molecular flexibility index (Phi) is 4.43. The summed E-state index contributed by atoms with van der Waals surface area (Å²) in [7, 11) is -2.92. The lowest BCUT2D eigenvalue weighted by molar-refractivity contribution is -0.143. The second kappa shape index (κ2) is 6.18. The molecule has 2 aliphatic heterocycles. The van der Waals surface area contributed by atoms with Gasteiger partial charge in [-0.15, -0.1) is 0 Å². The Bertz CT molecular complexity index is 542. The molecule has 3 fully saturated rings. The van der Waals surface area contributed by atoms with Crippen LogP contribution in [0.5, 0.6) is 0 Å². The molecule has 2 heterocycles. The third-order valence-corrected chi connectivity index (χ3v) is 6.63. The SMILES string of the molecule is O=C(NC1CCS(=O)(=O)CC1)[C@@H]1CCCCN1C(=O)C1CC1. The molecule has 0 aromatic rings. The molecule has 0 bridgehead atoms. The van der Waals surface area contributed by atoms with Gasteiger partial charge in [0.15, 0.2) is 0 Å². The standard InChI is InChI=1S/C15H24N2O4S/c18-14(16-12-6-9-22(20,21)10-7-12)13-3-1-2-8-17(13)15(19)11-4-5-11/h11-13H,1-10H2,(H,16,18)/t13-/m0/s1. The summed E-state index contributed by atoms with van der Waals surface area (Å²) in [6.45, 7) is 0.673. The minimum absolute atomic E-state index is 0.0733. The Morgan fingerprint density at radius 3 is 2.27 bits per heavy atom. The number of amides is 2. The van der Waals surface area contributed by atoms with Crippen LogP contribution in [0.3, 0.4) is 0 Å². The number of carbonyl (C=O) groups excluding carboxylic acids is 2. The summed E-state index contributed by atoms with van der Waals surface area (Å²) in [4.78, 5) is 26.6. The highest BCUT2D eigenvalue weighted by atomic mass is 32.2. The van der Waals surface area contributed by atoms with Crippen LogP contribution in [-0.2, 0) is 19.4 Å². The summed E-state index contributed by atoms with van der Waals surface area (Å²) < 4.78 is 22.9. The van der Waals surface area contributed by atoms with Gasteiger partial charge in [0.1, 0.15) is 15.9 Å². The summed E-state index contributed by atoms with van der Waals surface area (Å²) in [6, 6.07) is -0.434. The first-order chi connectivity index (χ1) is 10.5. The fourth-order valence-corrected chi connectivity index (χ4v) is 4.86. The van der Waals surface area contributed by atoms with E-state index < -0.39 is 9.84 Å². The van der Waals surface area contributed by atoms with Gasteiger partial charge in [-0.2, -0.15) is 0 Å². The molecule has 7 heteroatoms. The third-order valence-electron chi connectivity index (χ3n) is 4.92. The average molecular weight is 328 g/mol. The number of likely N-dealkylation sites (tertiary alicyclic amines) is 1. The Morgan fingerprint density at radius 2 is 1.64 bits per heavy atom. The van der Waals surface area contributed by atoms with Gasteiger partial charge in [-0.25, -0.2) is 8.42 Å². The van der Waals surface area contributed by atoms with E-state index >= 15 is 0 Å². The molecule has 3 rings (SSSR count). The van der Waals surface area contributed by atoms with Gasteiger partial charge in [0.05, 0.1) is 11.5 Å². The maximum absolute atomic E-state index is 12.5. The van der Waals surface area contributed by atoms with Gasteiger partial charge in [0, 0.05) is 18.5 Å². The first-order valence-corrected chi connectivity index (χ1v) is 10.1. The summed E-state index contributed by atoms with van der Waals surface area (Å²) in [5.41, 5.74) is 0. The van der Waals surface area contributed by atoms with E-state index in [1.165, 1.54) is 0 Å². The number of hydrogen-bond acceptors (Lipinski definition) is 4. The molecule has 2 amide bonds. The molecule has 3 aliphatic rings. The van der Waals surface area contributed by atoms with Crippen LogP contribution in [0.25, 0.3) is 0 Å². The molecule has 1 aliphatic carbocycles. The normalized spacial score (nSPS) is 29.1. The maximum atomic E-state index is 12.5. The quantitative estimate of drug-likeness (QED) is 0.816. The smallest absolute Gasteiger partial charge is 0.243 e. The van der Waals surface area contributed by atoms with Gasteiger partial charge in [-0.05, 0) is 44.9 Å². The Morgan fingerprint density at radius 1 is 0.955 bits per heavy atom. The van der Waals surface area contributed by atoms with Gasteiger partial charge in [0.2, 0.25) is 11.8 Å². The lowest BCUT2D eigenvalue weighted by atomic mass is 10.00. The fraction of sp³-hybridized carbons (Fsp3) is 0.867. The van der Waals surface area contributed by atoms with E-state index in [1.54, 1.807) is 4.90 Å². The molecule has 6 nitrogen and oxygen atoms in total. The van der Waals surface area contributed by atoms with E-state index in [4.69, 9.17) is 0 Å². The first kappa shape index (κ1) is 15.8. The minimum atomic E-state index is -2.92. The van der Waals surface area contributed by atoms with Crippen molar-refractivity contribution in [3.63, 3.8) is 0 Å². The summed E-state index contributed by atoms with van der Waals surface area (Å²) in [5, 5.41) is 2.97. The predicted molar refractivity (Wildman–Crippen MR) is 81.9 cm³/mol. The molecule has 22 heavy (non-hydrogen) atoms. The van der Waals surface area contributed by atoms with Crippen molar-refractivity contribution in [1.29, 1.82) is 0 Å². The molecule has 1 atom stereocenters. The first-order valence-electron chi connectivity index (χ1n) is 8.27. The van der Waals surface area contributed by atoms with Crippen molar-refractivity contribution in [2.45, 2.75) is 57.0 Å². The predicted octanol–water partition coefficient (Wildman–Crippen LogP) is 0.471. The second-order valence-corrected chi connectivity index (χ2v) is 9.06. The molecule has 0 unspecified atom stereocenters. The van der Waals surface area contributed by atoms with E-state index in [-0.39, 0.29) is 41.3 Å². The third kappa shape index (κ3) is 3.62. The van der Waals surface area contributed by atoms with Gasteiger partial charge in [-0.1, -0.05) is 0 Å². The monoisotopic (exact) mass is 328 g/mol. The van der Waals surface area contributed by atoms with Gasteiger partial charge in [0.25, 0.3) is 0 Å². The van der Waals surface area contributed by atoms with E-state index in [0.29, 0.717) is 19.4 Å². The molecule has 1 saturated carbocycles. The Labute approximate surface area is 131 Å². The van der Waals surface area contributed by atoms with Crippen LogP contribution in [0, 0.1) is 5.92 Å². The molecule has 124 valence electrons. The van der Waals surface area contributed by atoms with Gasteiger partial charge < -0.3 is 10.2 Å². The highest BCUT2D eigenvalue weighted by Gasteiger charge is 2.40. The van der Waals surface area contributed by atoms with E-state index in [1.807, 2.05) is 0 Å². The van der Waals surface area contributed by atoms with Crippen molar-refractivity contribution in [2.75, 3.05) is 18.1 Å². The second-order valence-electron chi connectivity index (χ2n) is 6.75. The van der Waals surface area contributed by atoms with Crippen molar-refractivity contribution in [1.82, 2.24) is 10.2 Å². The van der Waals surface area contributed by atoms with Crippen LogP contribution in [-0.4, -0.2) is 55.3 Å². The molecule has 1 N–H and O–H groups in total. The average Bonchev–Trinajstić information content (AvgIpc) is 3.33. The number of carbonyl (C=O) groups is 2. The maximum Gasteiger partial charge on any atom is 0.243 e. The topological polar surface area (TPSA) is 83.6 Å². The summed E-state index contributed by atoms with van der Waals surface area (Å²) in [6.07, 6.45) is 5.51. The van der Waals surface area contributed by atoms with Crippen molar-refractivity contribution in [3.8, 4) is 0 Å². The summed E-state index contributed by atoms with van der Waals surface area (Å²) >= 11 is 0. The van der Waals surface area contributed by atoms with Crippen LogP contribution in [0.1, 0.15) is 44.9 Å². The van der Waals surface area contributed by atoms with E-state index in [9.17, 15) is 18.0 Å². The van der Waals surface area contributed by atoms with Crippen LogP contribution in [0.15, 0.2) is 0 Å². The molecule has 0 aromatic heterocycles. The molecule has 0 radical (unpaired) electrons. The van der Waals surface area contributed by atoms with Crippen molar-refractivity contribution >= 4 is 21.7 Å². The number of nitrogens with zero attached hydrogens (tertiary/aromatic N) is 1. The van der Waals surface area contributed by atoms with Gasteiger partial charge in [-0.3, -0.25) is 9.59 Å². The summed E-state index contributed by atoms with van der Waals surface area (Å²) in [5.74, 6) is 0.456. The van der Waals surface area contributed by atoms with Crippen molar-refractivity contribution in [2.24, 2.45) is 5.92 Å². The molecule has 0 spiro atoms. The van der Waals surface area contributed by atoms with Crippen LogP contribution in [0.2, 0.25) is 0 Å². The zero-order valence-corrected chi connectivity index (χ0v) is 13.6. The number of hydrogen-bond donors (Lipinski definition) is 1. The van der Waals surface area contributed by atoms with Crippen LogP contribution >= 0.6 is 0 Å². The molecular formula is C15H24N2O4S. The highest BCUT2D eigenvalue weighted by Crippen LogP contribution is 2.33.